The topological polar surface area (TPSA) is 46.3 Å². The Hall–Kier alpha value is -0.220. The summed E-state index contributed by atoms with van der Waals surface area (Å²) in [5, 5.41) is 0. The summed E-state index contributed by atoms with van der Waals surface area (Å²) < 4.78 is 0.157. The molecule has 0 aliphatic heterocycles. The predicted octanol–water partition coefficient (Wildman–Crippen LogP) is 1.33. The largest absolute Gasteiger partial charge is 0.345 e. The highest BCUT2D eigenvalue weighted by molar-refractivity contribution is 8.01. The smallest absolute Gasteiger partial charge is 0.232 e. The first-order valence-electron chi connectivity index (χ1n) is 4.95. The fraction of sp³-hybridized carbons (Fsp3) is 0.900. The van der Waals surface area contributed by atoms with Gasteiger partial charge in [-0.3, -0.25) is 4.79 Å². The minimum atomic E-state index is 0.157. The molecule has 0 fully saturated rings. The van der Waals surface area contributed by atoms with Gasteiger partial charge in [0, 0.05) is 18.3 Å². The average molecular weight is 218 g/mol. The number of nitrogens with two attached hydrogens (primary N) is 1. The van der Waals surface area contributed by atoms with Crippen LogP contribution in [0.4, 0.5) is 0 Å². The Bertz CT molecular complexity index is 177. The number of carbonyl (C=O) groups is 1. The van der Waals surface area contributed by atoms with Gasteiger partial charge in [0.25, 0.3) is 0 Å². The number of rotatable bonds is 5. The molecule has 0 saturated carbocycles. The Kier molecular flexibility index (Phi) is 6.20. The van der Waals surface area contributed by atoms with E-state index in [1.54, 1.807) is 16.7 Å². The van der Waals surface area contributed by atoms with Crippen molar-refractivity contribution < 1.29 is 4.79 Å². The van der Waals surface area contributed by atoms with E-state index in [4.69, 9.17) is 5.73 Å². The summed E-state index contributed by atoms with van der Waals surface area (Å²) in [6.07, 6.45) is 0.877. The minimum absolute atomic E-state index is 0.157. The summed E-state index contributed by atoms with van der Waals surface area (Å²) >= 11 is 1.68. The Morgan fingerprint density at radius 3 is 2.43 bits per heavy atom. The van der Waals surface area contributed by atoms with E-state index in [0.29, 0.717) is 12.3 Å². The second kappa shape index (κ2) is 6.30. The van der Waals surface area contributed by atoms with Crippen molar-refractivity contribution in [3.63, 3.8) is 0 Å². The maximum atomic E-state index is 11.6. The lowest BCUT2D eigenvalue weighted by Gasteiger charge is -2.21. The molecule has 4 heteroatoms. The zero-order chi connectivity index (χ0) is 11.2. The summed E-state index contributed by atoms with van der Waals surface area (Å²) in [4.78, 5) is 13.3. The summed E-state index contributed by atoms with van der Waals surface area (Å²) in [6, 6.07) is 0. The van der Waals surface area contributed by atoms with Crippen molar-refractivity contribution in [3.8, 4) is 0 Å². The van der Waals surface area contributed by atoms with Crippen LogP contribution in [0.3, 0.4) is 0 Å². The lowest BCUT2D eigenvalue weighted by atomic mass is 10.3. The van der Waals surface area contributed by atoms with Gasteiger partial charge in [0.2, 0.25) is 5.91 Å². The average Bonchev–Trinajstić information content (AvgIpc) is 2.09. The van der Waals surface area contributed by atoms with E-state index < -0.39 is 0 Å². The van der Waals surface area contributed by atoms with Crippen LogP contribution in [0.5, 0.6) is 0 Å². The molecule has 0 aliphatic carbocycles. The molecule has 0 rings (SSSR count). The van der Waals surface area contributed by atoms with Gasteiger partial charge in [0.05, 0.1) is 5.75 Å². The van der Waals surface area contributed by atoms with E-state index in [-0.39, 0.29) is 10.7 Å². The van der Waals surface area contributed by atoms with Crippen LogP contribution in [0.1, 0.15) is 27.2 Å². The molecule has 0 radical (unpaired) electrons. The number of amides is 1. The molecule has 0 aliphatic rings. The number of hydrogen-bond acceptors (Lipinski definition) is 3. The van der Waals surface area contributed by atoms with Crippen LogP contribution in [0.25, 0.3) is 0 Å². The van der Waals surface area contributed by atoms with Gasteiger partial charge in [-0.2, -0.15) is 0 Å². The van der Waals surface area contributed by atoms with Crippen molar-refractivity contribution in [2.45, 2.75) is 31.9 Å². The van der Waals surface area contributed by atoms with Gasteiger partial charge < -0.3 is 10.6 Å². The van der Waals surface area contributed by atoms with Crippen molar-refractivity contribution >= 4 is 17.7 Å². The third-order valence-electron chi connectivity index (χ3n) is 1.75. The summed E-state index contributed by atoms with van der Waals surface area (Å²) in [5.74, 6) is 0.753. The molecule has 0 bridgehead atoms. The van der Waals surface area contributed by atoms with Crippen molar-refractivity contribution in [2.24, 2.45) is 5.73 Å². The number of hydrogen-bond donors (Lipinski definition) is 1. The molecule has 3 nitrogen and oxygen atoms in total. The number of thioether (sulfide) groups is 1. The van der Waals surface area contributed by atoms with Crippen LogP contribution in [-0.4, -0.2) is 41.4 Å². The first-order chi connectivity index (χ1) is 6.37. The monoisotopic (exact) mass is 218 g/mol. The number of carbonyl (C=O) groups excluding carboxylic acids is 1. The fourth-order valence-corrected chi connectivity index (χ4v) is 1.62. The lowest BCUT2D eigenvalue weighted by Crippen LogP contribution is -2.31. The molecule has 0 unspecified atom stereocenters. The van der Waals surface area contributed by atoms with Crippen LogP contribution >= 0.6 is 11.8 Å². The van der Waals surface area contributed by atoms with Crippen molar-refractivity contribution in [1.29, 1.82) is 0 Å². The predicted molar refractivity (Wildman–Crippen MR) is 63.5 cm³/mol. The van der Waals surface area contributed by atoms with E-state index in [2.05, 4.69) is 20.8 Å². The Balaban J connectivity index is 3.73. The molecule has 14 heavy (non-hydrogen) atoms. The standard InChI is InChI=1S/C10H22N2OS/c1-10(2,3)14-8-9(13)12(4)7-5-6-11/h5-8,11H2,1-4H3. The highest BCUT2D eigenvalue weighted by Crippen LogP contribution is 2.22. The van der Waals surface area contributed by atoms with Crippen molar-refractivity contribution in [3.05, 3.63) is 0 Å². The zero-order valence-electron chi connectivity index (χ0n) is 9.67. The second-order valence-electron chi connectivity index (χ2n) is 4.36. The van der Waals surface area contributed by atoms with Gasteiger partial charge in [-0.25, -0.2) is 0 Å². The van der Waals surface area contributed by atoms with E-state index in [1.165, 1.54) is 0 Å². The molecule has 0 atom stereocenters. The van der Waals surface area contributed by atoms with E-state index in [1.807, 2.05) is 7.05 Å². The zero-order valence-corrected chi connectivity index (χ0v) is 10.5. The Labute approximate surface area is 91.4 Å². The maximum absolute atomic E-state index is 11.6. The summed E-state index contributed by atoms with van der Waals surface area (Å²) in [6.45, 7) is 7.75. The molecule has 2 N–H and O–H groups in total. The Morgan fingerprint density at radius 2 is 2.00 bits per heavy atom. The quantitative estimate of drug-likeness (QED) is 0.757. The molecule has 0 heterocycles. The molecule has 84 valence electrons. The normalized spacial score (nSPS) is 11.5. The molecule has 1 amide bonds. The highest BCUT2D eigenvalue weighted by atomic mass is 32.2. The van der Waals surface area contributed by atoms with Crippen molar-refractivity contribution in [1.82, 2.24) is 4.90 Å². The minimum Gasteiger partial charge on any atom is -0.345 e. The molecule has 0 aromatic heterocycles. The molecule has 0 aromatic carbocycles. The van der Waals surface area contributed by atoms with Gasteiger partial charge >= 0.3 is 0 Å². The van der Waals surface area contributed by atoms with E-state index >= 15 is 0 Å². The summed E-state index contributed by atoms with van der Waals surface area (Å²) in [7, 11) is 1.83. The fourth-order valence-electron chi connectivity index (χ4n) is 0.842. The second-order valence-corrected chi connectivity index (χ2v) is 6.16. The maximum Gasteiger partial charge on any atom is 0.232 e. The van der Waals surface area contributed by atoms with Crippen LogP contribution in [0.2, 0.25) is 0 Å². The van der Waals surface area contributed by atoms with Gasteiger partial charge in [0.15, 0.2) is 0 Å². The molecule has 0 aromatic rings. The summed E-state index contributed by atoms with van der Waals surface area (Å²) in [5.41, 5.74) is 5.38. The third-order valence-corrected chi connectivity index (χ3v) is 3.01. The molecular weight excluding hydrogens is 196 g/mol. The van der Waals surface area contributed by atoms with Gasteiger partial charge in [-0.05, 0) is 13.0 Å². The van der Waals surface area contributed by atoms with Crippen LogP contribution in [0, 0.1) is 0 Å². The van der Waals surface area contributed by atoms with Gasteiger partial charge in [0.1, 0.15) is 0 Å². The lowest BCUT2D eigenvalue weighted by molar-refractivity contribution is -0.127. The van der Waals surface area contributed by atoms with Crippen LogP contribution in [0.15, 0.2) is 0 Å². The highest BCUT2D eigenvalue weighted by Gasteiger charge is 2.15. The van der Waals surface area contributed by atoms with Crippen LogP contribution < -0.4 is 5.73 Å². The molecular formula is C10H22N2OS. The van der Waals surface area contributed by atoms with Gasteiger partial charge in [-0.1, -0.05) is 20.8 Å². The first-order valence-corrected chi connectivity index (χ1v) is 5.93. The Morgan fingerprint density at radius 1 is 1.43 bits per heavy atom. The molecule has 0 spiro atoms. The first kappa shape index (κ1) is 13.8. The van der Waals surface area contributed by atoms with Gasteiger partial charge in [-0.15, -0.1) is 11.8 Å². The van der Waals surface area contributed by atoms with E-state index in [9.17, 15) is 4.79 Å². The SMILES string of the molecule is CN(CCCN)C(=O)CSC(C)(C)C. The number of nitrogens with zero attached hydrogens (tertiary/aromatic N) is 1. The third kappa shape index (κ3) is 7.21. The van der Waals surface area contributed by atoms with E-state index in [0.717, 1.165) is 13.0 Å². The van der Waals surface area contributed by atoms with Crippen molar-refractivity contribution in [2.75, 3.05) is 25.9 Å². The van der Waals surface area contributed by atoms with Crippen LogP contribution in [-0.2, 0) is 4.79 Å². The molecule has 0 saturated heterocycles.